The number of benzene rings is 2. The smallest absolute Gasteiger partial charge is 0.406 e. The van der Waals surface area contributed by atoms with E-state index in [1.807, 2.05) is 18.2 Å². The van der Waals surface area contributed by atoms with Crippen LogP contribution in [-0.2, 0) is 6.42 Å². The summed E-state index contributed by atoms with van der Waals surface area (Å²) in [4.78, 5) is 1.75. The zero-order chi connectivity index (χ0) is 15.7. The Morgan fingerprint density at radius 3 is 2.64 bits per heavy atom. The summed E-state index contributed by atoms with van der Waals surface area (Å²) in [5.74, 6) is -0.266. The summed E-state index contributed by atoms with van der Waals surface area (Å²) in [6.07, 6.45) is -0.270. The number of anilines is 2. The molecule has 2 aromatic rings. The van der Waals surface area contributed by atoms with Gasteiger partial charge in [-0.1, -0.05) is 35.9 Å². The van der Waals surface area contributed by atoms with Crippen LogP contribution in [0.5, 0.6) is 5.75 Å². The number of rotatable bonds is 2. The Morgan fingerprint density at radius 1 is 1.09 bits per heavy atom. The predicted molar refractivity (Wildman–Crippen MR) is 79.6 cm³/mol. The SMILES string of the molecule is FC(F)(F)Oc1cccc(N2C=CCc3cccc(Cl)c32)c1. The number of allylic oxidation sites excluding steroid dienone is 1. The van der Waals surface area contributed by atoms with Gasteiger partial charge in [-0.05, 0) is 30.2 Å². The van der Waals surface area contributed by atoms with Crippen molar-refractivity contribution in [1.29, 1.82) is 0 Å². The molecule has 0 saturated heterocycles. The third-order valence-electron chi connectivity index (χ3n) is 3.23. The molecule has 3 rings (SSSR count). The molecule has 1 heterocycles. The highest BCUT2D eigenvalue weighted by atomic mass is 35.5. The maximum Gasteiger partial charge on any atom is 0.573 e. The lowest BCUT2D eigenvalue weighted by Crippen LogP contribution is -2.18. The Labute approximate surface area is 130 Å². The van der Waals surface area contributed by atoms with Crippen molar-refractivity contribution in [2.75, 3.05) is 4.90 Å². The minimum atomic E-state index is -4.72. The molecule has 0 amide bonds. The maximum atomic E-state index is 12.3. The van der Waals surface area contributed by atoms with E-state index in [0.717, 1.165) is 17.7 Å². The second-order valence-corrected chi connectivity index (χ2v) is 5.16. The van der Waals surface area contributed by atoms with Gasteiger partial charge in [0.2, 0.25) is 0 Å². The molecule has 2 nitrogen and oxygen atoms in total. The van der Waals surface area contributed by atoms with E-state index in [4.69, 9.17) is 11.6 Å². The molecule has 0 fully saturated rings. The van der Waals surface area contributed by atoms with Crippen LogP contribution in [-0.4, -0.2) is 6.36 Å². The first-order valence-electron chi connectivity index (χ1n) is 6.53. The number of hydrogen-bond acceptors (Lipinski definition) is 2. The summed E-state index contributed by atoms with van der Waals surface area (Å²) in [7, 11) is 0. The molecule has 0 aromatic heterocycles. The quantitative estimate of drug-likeness (QED) is 0.728. The summed E-state index contributed by atoms with van der Waals surface area (Å²) >= 11 is 6.25. The van der Waals surface area contributed by atoms with E-state index in [0.29, 0.717) is 10.7 Å². The van der Waals surface area contributed by atoms with Crippen LogP contribution in [0.2, 0.25) is 5.02 Å². The largest absolute Gasteiger partial charge is 0.573 e. The summed E-state index contributed by atoms with van der Waals surface area (Å²) in [5, 5.41) is 0.545. The first-order chi connectivity index (χ1) is 10.4. The average molecular weight is 326 g/mol. The van der Waals surface area contributed by atoms with Crippen molar-refractivity contribution in [3.8, 4) is 5.75 Å². The lowest BCUT2D eigenvalue weighted by Gasteiger charge is -2.28. The van der Waals surface area contributed by atoms with Crippen molar-refractivity contribution in [2.24, 2.45) is 0 Å². The molecule has 1 aliphatic rings. The van der Waals surface area contributed by atoms with Crippen LogP contribution in [0.25, 0.3) is 0 Å². The van der Waals surface area contributed by atoms with Crippen LogP contribution < -0.4 is 9.64 Å². The van der Waals surface area contributed by atoms with Gasteiger partial charge in [0.15, 0.2) is 0 Å². The lowest BCUT2D eigenvalue weighted by molar-refractivity contribution is -0.274. The highest BCUT2D eigenvalue weighted by Crippen LogP contribution is 2.39. The van der Waals surface area contributed by atoms with Gasteiger partial charge in [0.25, 0.3) is 0 Å². The van der Waals surface area contributed by atoms with Crippen molar-refractivity contribution in [3.63, 3.8) is 0 Å². The normalized spacial score (nSPS) is 13.9. The van der Waals surface area contributed by atoms with E-state index in [1.165, 1.54) is 18.2 Å². The molecule has 0 spiro atoms. The minimum Gasteiger partial charge on any atom is -0.406 e. The van der Waals surface area contributed by atoms with Crippen molar-refractivity contribution >= 4 is 23.0 Å². The third kappa shape index (κ3) is 3.04. The van der Waals surface area contributed by atoms with Crippen LogP contribution in [0.3, 0.4) is 0 Å². The topological polar surface area (TPSA) is 12.5 Å². The maximum absolute atomic E-state index is 12.3. The Balaban J connectivity index is 2.00. The molecule has 2 aromatic carbocycles. The zero-order valence-electron chi connectivity index (χ0n) is 11.3. The first-order valence-corrected chi connectivity index (χ1v) is 6.91. The van der Waals surface area contributed by atoms with Gasteiger partial charge in [0.05, 0.1) is 10.7 Å². The number of para-hydroxylation sites is 1. The summed E-state index contributed by atoms with van der Waals surface area (Å²) in [6.45, 7) is 0. The van der Waals surface area contributed by atoms with Crippen molar-refractivity contribution in [1.82, 2.24) is 0 Å². The monoisotopic (exact) mass is 325 g/mol. The van der Waals surface area contributed by atoms with E-state index in [-0.39, 0.29) is 5.75 Å². The number of hydrogen-bond donors (Lipinski definition) is 0. The van der Waals surface area contributed by atoms with E-state index in [9.17, 15) is 13.2 Å². The molecule has 6 heteroatoms. The first kappa shape index (κ1) is 14.8. The van der Waals surface area contributed by atoms with Crippen molar-refractivity contribution in [3.05, 3.63) is 65.3 Å². The van der Waals surface area contributed by atoms with E-state index in [2.05, 4.69) is 4.74 Å². The molecular weight excluding hydrogens is 315 g/mol. The lowest BCUT2D eigenvalue weighted by atomic mass is 10.0. The highest BCUT2D eigenvalue weighted by molar-refractivity contribution is 6.33. The molecule has 1 aliphatic heterocycles. The minimum absolute atomic E-state index is 0.266. The van der Waals surface area contributed by atoms with E-state index < -0.39 is 6.36 Å². The standard InChI is InChI=1S/C16H11ClF3NO/c17-14-8-1-4-11-5-3-9-21(15(11)14)12-6-2-7-13(10-12)22-16(18,19)20/h1-4,6-10H,5H2. The zero-order valence-corrected chi connectivity index (χ0v) is 12.0. The summed E-state index contributed by atoms with van der Waals surface area (Å²) in [6, 6.07) is 11.3. The number of fused-ring (bicyclic) bond motifs is 1. The fourth-order valence-electron chi connectivity index (χ4n) is 2.40. The van der Waals surface area contributed by atoms with Crippen molar-refractivity contribution in [2.45, 2.75) is 12.8 Å². The number of halogens is 4. The van der Waals surface area contributed by atoms with Gasteiger partial charge < -0.3 is 9.64 Å². The fourth-order valence-corrected chi connectivity index (χ4v) is 2.68. The second kappa shape index (κ2) is 5.57. The van der Waals surface area contributed by atoms with Crippen molar-refractivity contribution < 1.29 is 17.9 Å². The van der Waals surface area contributed by atoms with E-state index >= 15 is 0 Å². The molecule has 0 atom stereocenters. The van der Waals surface area contributed by atoms with Gasteiger partial charge in [-0.3, -0.25) is 0 Å². The number of alkyl halides is 3. The molecule has 0 aliphatic carbocycles. The number of nitrogens with zero attached hydrogens (tertiary/aromatic N) is 1. The van der Waals surface area contributed by atoms with Gasteiger partial charge >= 0.3 is 6.36 Å². The molecule has 0 unspecified atom stereocenters. The molecule has 0 radical (unpaired) electrons. The van der Waals surface area contributed by atoms with Crippen LogP contribution in [0.4, 0.5) is 24.5 Å². The van der Waals surface area contributed by atoms with Gasteiger partial charge in [-0.2, -0.15) is 0 Å². The second-order valence-electron chi connectivity index (χ2n) is 4.75. The highest BCUT2D eigenvalue weighted by Gasteiger charge is 2.31. The molecule has 114 valence electrons. The molecule has 0 bridgehead atoms. The third-order valence-corrected chi connectivity index (χ3v) is 3.54. The Morgan fingerprint density at radius 2 is 1.86 bits per heavy atom. The van der Waals surface area contributed by atoms with Crippen LogP contribution in [0.1, 0.15) is 5.56 Å². The fraction of sp³-hybridized carbons (Fsp3) is 0.125. The van der Waals surface area contributed by atoms with Crippen LogP contribution >= 0.6 is 11.6 Å². The van der Waals surface area contributed by atoms with Crippen LogP contribution in [0.15, 0.2) is 54.7 Å². The van der Waals surface area contributed by atoms with Gasteiger partial charge in [0.1, 0.15) is 5.75 Å². The molecule has 22 heavy (non-hydrogen) atoms. The Hall–Kier alpha value is -2.14. The Bertz CT molecular complexity index is 728. The molecule has 0 saturated carbocycles. The summed E-state index contributed by atoms with van der Waals surface area (Å²) < 4.78 is 41.0. The van der Waals surface area contributed by atoms with Gasteiger partial charge in [-0.25, -0.2) is 0 Å². The predicted octanol–water partition coefficient (Wildman–Crippen LogP) is 5.45. The average Bonchev–Trinajstić information content (AvgIpc) is 2.45. The summed E-state index contributed by atoms with van der Waals surface area (Å²) in [5.41, 5.74) is 2.33. The van der Waals surface area contributed by atoms with Gasteiger partial charge in [-0.15, -0.1) is 13.2 Å². The molecule has 0 N–H and O–H groups in total. The van der Waals surface area contributed by atoms with Gasteiger partial charge in [0, 0.05) is 18.0 Å². The Kier molecular flexibility index (Phi) is 3.74. The number of ether oxygens (including phenoxy) is 1. The van der Waals surface area contributed by atoms with Crippen LogP contribution in [0, 0.1) is 0 Å². The molecular formula is C16H11ClF3NO. The van der Waals surface area contributed by atoms with E-state index in [1.54, 1.807) is 23.2 Å².